The van der Waals surface area contributed by atoms with Gasteiger partial charge in [-0.1, -0.05) is 36.4 Å². The zero-order valence-electron chi connectivity index (χ0n) is 12.2. The average Bonchev–Trinajstić information content (AvgIpc) is 2.55. The predicted molar refractivity (Wildman–Crippen MR) is 84.4 cm³/mol. The zero-order valence-corrected chi connectivity index (χ0v) is 12.2. The lowest BCUT2D eigenvalue weighted by Gasteiger charge is -2.05. The van der Waals surface area contributed by atoms with E-state index in [1.54, 1.807) is 6.07 Å². The minimum atomic E-state index is -0.495. The lowest BCUT2D eigenvalue weighted by molar-refractivity contribution is 0.624. The molecule has 0 radical (unpaired) electrons. The molecule has 1 nitrogen and oxygen atoms in total. The standard InChI is InChI=1S/C19H17F2N/c20-12-4-2-1-3-5-15-6-8-16(9-7-15)17-10-11-18(14-22)19(21)13-17/h4,6-13H,1-3,5H2. The molecule has 0 N–H and O–H groups in total. The van der Waals surface area contributed by atoms with E-state index in [1.807, 2.05) is 30.3 Å². The molecule has 2 aromatic carbocycles. The van der Waals surface area contributed by atoms with Crippen molar-refractivity contribution in [2.45, 2.75) is 25.7 Å². The second kappa shape index (κ2) is 8.09. The monoisotopic (exact) mass is 297 g/mol. The van der Waals surface area contributed by atoms with Crippen LogP contribution in [0.5, 0.6) is 0 Å². The van der Waals surface area contributed by atoms with E-state index < -0.39 is 5.82 Å². The van der Waals surface area contributed by atoms with Gasteiger partial charge in [0.2, 0.25) is 0 Å². The Hall–Kier alpha value is -2.47. The summed E-state index contributed by atoms with van der Waals surface area (Å²) in [7, 11) is 0. The van der Waals surface area contributed by atoms with Crippen LogP contribution in [0.25, 0.3) is 11.1 Å². The van der Waals surface area contributed by atoms with Crippen LogP contribution in [0, 0.1) is 17.1 Å². The number of rotatable bonds is 6. The van der Waals surface area contributed by atoms with E-state index in [2.05, 4.69) is 0 Å². The smallest absolute Gasteiger partial charge is 0.141 e. The van der Waals surface area contributed by atoms with E-state index in [0.29, 0.717) is 6.33 Å². The summed E-state index contributed by atoms with van der Waals surface area (Å²) in [5.41, 5.74) is 2.95. The van der Waals surface area contributed by atoms with Gasteiger partial charge in [-0.2, -0.15) is 5.26 Å². The number of halogens is 2. The van der Waals surface area contributed by atoms with Gasteiger partial charge in [0.25, 0.3) is 0 Å². The molecular formula is C19H17F2N. The van der Waals surface area contributed by atoms with Crippen LogP contribution in [0.4, 0.5) is 8.78 Å². The fourth-order valence-electron chi connectivity index (χ4n) is 2.30. The van der Waals surface area contributed by atoms with Crippen molar-refractivity contribution < 1.29 is 8.78 Å². The first-order chi connectivity index (χ1) is 10.7. The van der Waals surface area contributed by atoms with Gasteiger partial charge in [-0.05, 0) is 54.5 Å². The Morgan fingerprint density at radius 1 is 1.00 bits per heavy atom. The van der Waals surface area contributed by atoms with Gasteiger partial charge in [-0.15, -0.1) is 0 Å². The first kappa shape index (κ1) is 15.9. The van der Waals surface area contributed by atoms with Crippen LogP contribution in [-0.2, 0) is 6.42 Å². The summed E-state index contributed by atoms with van der Waals surface area (Å²) >= 11 is 0. The highest BCUT2D eigenvalue weighted by molar-refractivity contribution is 5.64. The third-order valence-corrected chi connectivity index (χ3v) is 3.55. The summed E-state index contributed by atoms with van der Waals surface area (Å²) in [5.74, 6) is -0.495. The third-order valence-electron chi connectivity index (χ3n) is 3.55. The molecule has 0 bridgehead atoms. The molecule has 0 aromatic heterocycles. The molecule has 22 heavy (non-hydrogen) atoms. The minimum absolute atomic E-state index is 0.0581. The normalized spacial score (nSPS) is 10.8. The first-order valence-corrected chi connectivity index (χ1v) is 7.29. The number of allylic oxidation sites excluding steroid dienone is 1. The average molecular weight is 297 g/mol. The number of nitriles is 1. The van der Waals surface area contributed by atoms with Crippen molar-refractivity contribution in [1.82, 2.24) is 0 Å². The van der Waals surface area contributed by atoms with Crippen LogP contribution < -0.4 is 0 Å². The SMILES string of the molecule is N#Cc1ccc(-c2ccc(CCCCC=CF)cc2)cc1F. The Balaban J connectivity index is 2.00. The maximum absolute atomic E-state index is 13.6. The molecule has 2 rings (SSSR count). The lowest BCUT2D eigenvalue weighted by Crippen LogP contribution is -1.88. The Kier molecular flexibility index (Phi) is 5.85. The van der Waals surface area contributed by atoms with Gasteiger partial charge >= 0.3 is 0 Å². The molecule has 0 spiro atoms. The molecule has 112 valence electrons. The Morgan fingerprint density at radius 3 is 2.36 bits per heavy atom. The predicted octanol–water partition coefficient (Wildman–Crippen LogP) is 5.56. The Morgan fingerprint density at radius 2 is 1.73 bits per heavy atom. The van der Waals surface area contributed by atoms with Gasteiger partial charge in [-0.25, -0.2) is 8.78 Å². The number of nitrogens with zero attached hydrogens (tertiary/aromatic N) is 1. The third kappa shape index (κ3) is 4.26. The number of hydrogen-bond donors (Lipinski definition) is 0. The Bertz CT molecular complexity index is 682. The number of unbranched alkanes of at least 4 members (excludes halogenated alkanes) is 2. The highest BCUT2D eigenvalue weighted by Crippen LogP contribution is 2.22. The minimum Gasteiger partial charge on any atom is -0.216 e. The van der Waals surface area contributed by atoms with Gasteiger partial charge in [0, 0.05) is 0 Å². The molecule has 0 atom stereocenters. The topological polar surface area (TPSA) is 23.8 Å². The van der Waals surface area contributed by atoms with Crippen LogP contribution in [0.2, 0.25) is 0 Å². The molecule has 0 saturated carbocycles. The fourth-order valence-corrected chi connectivity index (χ4v) is 2.30. The van der Waals surface area contributed by atoms with Crippen molar-refractivity contribution in [3.63, 3.8) is 0 Å². The quantitative estimate of drug-likeness (QED) is 0.640. The molecule has 0 fully saturated rings. The van der Waals surface area contributed by atoms with Crippen molar-refractivity contribution in [2.75, 3.05) is 0 Å². The summed E-state index contributed by atoms with van der Waals surface area (Å²) in [6.07, 6.45) is 5.80. The van der Waals surface area contributed by atoms with Gasteiger partial charge in [0.15, 0.2) is 0 Å². The molecule has 0 saturated heterocycles. The molecule has 0 aliphatic rings. The maximum atomic E-state index is 13.6. The molecule has 0 aliphatic heterocycles. The summed E-state index contributed by atoms with van der Waals surface area (Å²) in [6, 6.07) is 14.4. The number of hydrogen-bond acceptors (Lipinski definition) is 1. The van der Waals surface area contributed by atoms with Crippen LogP contribution in [0.1, 0.15) is 30.4 Å². The molecule has 0 amide bonds. The molecule has 0 unspecified atom stereocenters. The highest BCUT2D eigenvalue weighted by Gasteiger charge is 2.04. The van der Waals surface area contributed by atoms with Gasteiger partial charge < -0.3 is 0 Å². The second-order valence-corrected chi connectivity index (χ2v) is 5.11. The van der Waals surface area contributed by atoms with E-state index >= 15 is 0 Å². The number of benzene rings is 2. The van der Waals surface area contributed by atoms with Crippen molar-refractivity contribution in [3.8, 4) is 17.2 Å². The van der Waals surface area contributed by atoms with Crippen LogP contribution in [0.3, 0.4) is 0 Å². The largest absolute Gasteiger partial charge is 0.216 e. The fraction of sp³-hybridized carbons (Fsp3) is 0.211. The Labute approximate surface area is 129 Å². The van der Waals surface area contributed by atoms with Crippen molar-refractivity contribution in [3.05, 3.63) is 71.8 Å². The number of aryl methyl sites for hydroxylation is 1. The van der Waals surface area contributed by atoms with E-state index in [4.69, 9.17) is 5.26 Å². The summed E-state index contributed by atoms with van der Waals surface area (Å²) in [6.45, 7) is 0. The van der Waals surface area contributed by atoms with Gasteiger partial charge in [0.05, 0.1) is 11.9 Å². The first-order valence-electron chi connectivity index (χ1n) is 7.29. The zero-order chi connectivity index (χ0) is 15.8. The highest BCUT2D eigenvalue weighted by atomic mass is 19.1. The second-order valence-electron chi connectivity index (χ2n) is 5.11. The van der Waals surface area contributed by atoms with Crippen LogP contribution in [0.15, 0.2) is 54.9 Å². The summed E-state index contributed by atoms with van der Waals surface area (Å²) in [4.78, 5) is 0. The molecule has 3 heteroatoms. The lowest BCUT2D eigenvalue weighted by atomic mass is 10.0. The van der Waals surface area contributed by atoms with Gasteiger partial charge in [-0.3, -0.25) is 0 Å². The van der Waals surface area contributed by atoms with Crippen molar-refractivity contribution in [2.24, 2.45) is 0 Å². The molecule has 2 aromatic rings. The van der Waals surface area contributed by atoms with E-state index in [-0.39, 0.29) is 5.56 Å². The molecular weight excluding hydrogens is 280 g/mol. The molecule has 0 heterocycles. The van der Waals surface area contributed by atoms with Crippen LogP contribution >= 0.6 is 0 Å². The molecule has 0 aliphatic carbocycles. The van der Waals surface area contributed by atoms with E-state index in [0.717, 1.165) is 36.8 Å². The van der Waals surface area contributed by atoms with Gasteiger partial charge in [0.1, 0.15) is 11.9 Å². The van der Waals surface area contributed by atoms with E-state index in [9.17, 15) is 8.78 Å². The summed E-state index contributed by atoms with van der Waals surface area (Å²) < 4.78 is 25.4. The van der Waals surface area contributed by atoms with E-state index in [1.165, 1.54) is 23.8 Å². The van der Waals surface area contributed by atoms with Crippen molar-refractivity contribution in [1.29, 1.82) is 5.26 Å². The summed E-state index contributed by atoms with van der Waals surface area (Å²) in [5, 5.41) is 8.74. The maximum Gasteiger partial charge on any atom is 0.141 e. The van der Waals surface area contributed by atoms with Crippen LogP contribution in [-0.4, -0.2) is 0 Å². The van der Waals surface area contributed by atoms with Crippen molar-refractivity contribution >= 4 is 0 Å².